The molecule has 1 atom stereocenters. The first kappa shape index (κ1) is 16.8. The Balaban J connectivity index is 2.13. The normalized spacial score (nSPS) is 18.1. The second kappa shape index (κ2) is 8.16. The van der Waals surface area contributed by atoms with Crippen molar-refractivity contribution in [2.24, 2.45) is 5.92 Å². The Morgan fingerprint density at radius 2 is 2.10 bits per heavy atom. The second-order valence-corrected chi connectivity index (χ2v) is 6.25. The maximum Gasteiger partial charge on any atom is 0.0847 e. The van der Waals surface area contributed by atoms with Gasteiger partial charge in [-0.05, 0) is 45.6 Å². The molecule has 1 fully saturated rings. The molecule has 1 aromatic heterocycles. The number of hydrogen-bond donors (Lipinski definition) is 1. The molecule has 0 saturated carbocycles. The van der Waals surface area contributed by atoms with Crippen molar-refractivity contribution in [3.63, 3.8) is 0 Å². The number of aryl methyl sites for hydroxylation is 2. The molecule has 0 radical (unpaired) electrons. The third-order valence-corrected chi connectivity index (χ3v) is 4.85. The summed E-state index contributed by atoms with van der Waals surface area (Å²) in [6.07, 6.45) is 4.38. The van der Waals surface area contributed by atoms with Gasteiger partial charge in [0.25, 0.3) is 0 Å². The average molecular weight is 314 g/mol. The van der Waals surface area contributed by atoms with E-state index in [1.54, 1.807) is 0 Å². The fraction of sp³-hybridized carbons (Fsp3) is 0.812. The van der Waals surface area contributed by atoms with E-state index in [-0.39, 0.29) is 0 Å². The van der Waals surface area contributed by atoms with Gasteiger partial charge < -0.3 is 10.1 Å². The highest BCUT2D eigenvalue weighted by molar-refractivity contribution is 6.31. The molecule has 0 aromatic carbocycles. The van der Waals surface area contributed by atoms with Crippen LogP contribution < -0.4 is 5.32 Å². The Kier molecular flexibility index (Phi) is 6.52. The maximum absolute atomic E-state index is 6.47. The number of halogens is 1. The summed E-state index contributed by atoms with van der Waals surface area (Å²) in [6.45, 7) is 10.0. The lowest BCUT2D eigenvalue weighted by atomic mass is 9.88. The smallest absolute Gasteiger partial charge is 0.0847 e. The average Bonchev–Trinajstić information content (AvgIpc) is 2.79. The predicted molar refractivity (Wildman–Crippen MR) is 87.0 cm³/mol. The van der Waals surface area contributed by atoms with Crippen LogP contribution in [0.2, 0.25) is 5.02 Å². The van der Waals surface area contributed by atoms with Crippen LogP contribution in [0.5, 0.6) is 0 Å². The summed E-state index contributed by atoms with van der Waals surface area (Å²) in [4.78, 5) is 0. The highest BCUT2D eigenvalue weighted by atomic mass is 35.5. The first-order valence-corrected chi connectivity index (χ1v) is 8.58. The zero-order valence-electron chi connectivity index (χ0n) is 13.5. The van der Waals surface area contributed by atoms with Gasteiger partial charge in [-0.25, -0.2) is 0 Å². The lowest BCUT2D eigenvalue weighted by molar-refractivity contribution is 0.0535. The van der Waals surface area contributed by atoms with Crippen LogP contribution in [0.4, 0.5) is 0 Å². The number of ether oxygens (including phenoxy) is 1. The van der Waals surface area contributed by atoms with E-state index in [0.29, 0.717) is 12.0 Å². The number of aromatic nitrogens is 2. The minimum absolute atomic E-state index is 0.466. The van der Waals surface area contributed by atoms with Crippen LogP contribution >= 0.6 is 11.6 Å². The summed E-state index contributed by atoms with van der Waals surface area (Å²) >= 11 is 6.47. The Hall–Kier alpha value is -0.580. The van der Waals surface area contributed by atoms with Crippen molar-refractivity contribution in [3.8, 4) is 0 Å². The van der Waals surface area contributed by atoms with Gasteiger partial charge in [0.15, 0.2) is 0 Å². The van der Waals surface area contributed by atoms with Gasteiger partial charge in [0, 0.05) is 32.2 Å². The van der Waals surface area contributed by atoms with E-state index in [4.69, 9.17) is 16.3 Å². The molecule has 120 valence electrons. The van der Waals surface area contributed by atoms with E-state index in [2.05, 4.69) is 28.9 Å². The zero-order valence-corrected chi connectivity index (χ0v) is 14.2. The standard InChI is InChI=1S/C16H28ClN3O/c1-4-8-18-14(13-6-9-21-10-7-13)11-15-16(17)12(3)19-20(15)5-2/h13-14,18H,4-11H2,1-3H3. The van der Waals surface area contributed by atoms with Gasteiger partial charge in [-0.15, -0.1) is 0 Å². The molecule has 0 aliphatic carbocycles. The summed E-state index contributed by atoms with van der Waals surface area (Å²) in [5, 5.41) is 9.10. The molecule has 0 amide bonds. The SMILES string of the molecule is CCCNC(Cc1c(Cl)c(C)nn1CC)C1CCOCC1. The van der Waals surface area contributed by atoms with Crippen LogP contribution in [0.1, 0.15) is 44.5 Å². The molecule has 4 nitrogen and oxygen atoms in total. The molecule has 5 heteroatoms. The number of nitrogens with zero attached hydrogens (tertiary/aromatic N) is 2. The monoisotopic (exact) mass is 313 g/mol. The Morgan fingerprint density at radius 1 is 1.38 bits per heavy atom. The highest BCUT2D eigenvalue weighted by Crippen LogP contribution is 2.26. The van der Waals surface area contributed by atoms with Gasteiger partial charge >= 0.3 is 0 Å². The summed E-state index contributed by atoms with van der Waals surface area (Å²) < 4.78 is 7.56. The Bertz CT molecular complexity index is 441. The molecule has 1 N–H and O–H groups in total. The molecule has 21 heavy (non-hydrogen) atoms. The van der Waals surface area contributed by atoms with E-state index in [0.717, 1.165) is 62.7 Å². The van der Waals surface area contributed by atoms with Gasteiger partial charge in [0.1, 0.15) is 0 Å². The summed E-state index contributed by atoms with van der Waals surface area (Å²) in [5.41, 5.74) is 2.12. The highest BCUT2D eigenvalue weighted by Gasteiger charge is 2.26. The van der Waals surface area contributed by atoms with Crippen molar-refractivity contribution in [3.05, 3.63) is 16.4 Å². The fourth-order valence-corrected chi connectivity index (χ4v) is 3.34. The maximum atomic E-state index is 6.47. The molecule has 1 aliphatic rings. The van der Waals surface area contributed by atoms with Crippen molar-refractivity contribution in [2.75, 3.05) is 19.8 Å². The van der Waals surface area contributed by atoms with Crippen molar-refractivity contribution in [1.82, 2.24) is 15.1 Å². The number of rotatable bonds is 7. The van der Waals surface area contributed by atoms with Crippen LogP contribution in [-0.4, -0.2) is 35.6 Å². The minimum Gasteiger partial charge on any atom is -0.381 e. The van der Waals surface area contributed by atoms with Crippen molar-refractivity contribution in [1.29, 1.82) is 0 Å². The van der Waals surface area contributed by atoms with Crippen LogP contribution in [0.15, 0.2) is 0 Å². The van der Waals surface area contributed by atoms with Gasteiger partial charge in [-0.1, -0.05) is 18.5 Å². The lowest BCUT2D eigenvalue weighted by Gasteiger charge is -2.31. The van der Waals surface area contributed by atoms with E-state index >= 15 is 0 Å². The number of hydrogen-bond acceptors (Lipinski definition) is 3. The summed E-state index contributed by atoms with van der Waals surface area (Å²) in [7, 11) is 0. The van der Waals surface area contributed by atoms with Crippen molar-refractivity contribution >= 4 is 11.6 Å². The summed E-state index contributed by atoms with van der Waals surface area (Å²) in [6, 6.07) is 0.466. The predicted octanol–water partition coefficient (Wildman–Crippen LogP) is 3.20. The van der Waals surface area contributed by atoms with Crippen LogP contribution in [0.3, 0.4) is 0 Å². The third-order valence-electron chi connectivity index (χ3n) is 4.36. The molecule has 2 rings (SSSR count). The van der Waals surface area contributed by atoms with Crippen molar-refractivity contribution < 1.29 is 4.74 Å². The second-order valence-electron chi connectivity index (χ2n) is 5.88. The minimum atomic E-state index is 0.466. The molecule has 0 spiro atoms. The van der Waals surface area contributed by atoms with Gasteiger partial charge in [-0.3, -0.25) is 4.68 Å². The van der Waals surface area contributed by atoms with Crippen LogP contribution in [0, 0.1) is 12.8 Å². The fourth-order valence-electron chi connectivity index (χ4n) is 3.13. The van der Waals surface area contributed by atoms with Gasteiger partial charge in [-0.2, -0.15) is 5.10 Å². The van der Waals surface area contributed by atoms with E-state index < -0.39 is 0 Å². The topological polar surface area (TPSA) is 39.1 Å². The van der Waals surface area contributed by atoms with E-state index in [9.17, 15) is 0 Å². The largest absolute Gasteiger partial charge is 0.381 e. The Labute approximate surface area is 133 Å². The van der Waals surface area contributed by atoms with E-state index in [1.807, 2.05) is 6.92 Å². The third kappa shape index (κ3) is 4.21. The quantitative estimate of drug-likeness (QED) is 0.840. The first-order chi connectivity index (χ1) is 10.2. The molecule has 1 aromatic rings. The van der Waals surface area contributed by atoms with Crippen molar-refractivity contribution in [2.45, 2.75) is 59.0 Å². The number of nitrogens with one attached hydrogen (secondary N) is 1. The van der Waals surface area contributed by atoms with Gasteiger partial charge in [0.05, 0.1) is 16.4 Å². The molecular formula is C16H28ClN3O. The Morgan fingerprint density at radius 3 is 2.71 bits per heavy atom. The van der Waals surface area contributed by atoms with Crippen LogP contribution in [0.25, 0.3) is 0 Å². The van der Waals surface area contributed by atoms with Crippen LogP contribution in [-0.2, 0) is 17.7 Å². The van der Waals surface area contributed by atoms with Gasteiger partial charge in [0.2, 0.25) is 0 Å². The molecule has 0 bridgehead atoms. The lowest BCUT2D eigenvalue weighted by Crippen LogP contribution is -2.41. The molecular weight excluding hydrogens is 286 g/mol. The molecule has 1 saturated heterocycles. The molecule has 1 aliphatic heterocycles. The summed E-state index contributed by atoms with van der Waals surface area (Å²) in [5.74, 6) is 0.668. The molecule has 2 heterocycles. The molecule has 1 unspecified atom stereocenters. The zero-order chi connectivity index (χ0) is 15.2. The van der Waals surface area contributed by atoms with E-state index in [1.165, 1.54) is 5.69 Å². The first-order valence-electron chi connectivity index (χ1n) is 8.20.